The molecule has 1 aromatic rings. The Balaban J connectivity index is 1.98. The van der Waals surface area contributed by atoms with Gasteiger partial charge in [-0.15, -0.1) is 0 Å². The van der Waals surface area contributed by atoms with Gasteiger partial charge >= 0.3 is 5.97 Å². The van der Waals surface area contributed by atoms with Gasteiger partial charge in [-0.2, -0.15) is 0 Å². The van der Waals surface area contributed by atoms with Crippen LogP contribution in [-0.2, 0) is 16.6 Å². The SMILES string of the molecule is CC1(c2nc3c([nH]2)CCCC3C(=O)O)CCCC1. The molecular weight excluding hydrogens is 228 g/mol. The Labute approximate surface area is 107 Å². The maximum atomic E-state index is 11.3. The fraction of sp³-hybridized carbons (Fsp3) is 0.714. The van der Waals surface area contributed by atoms with Crippen LogP contribution < -0.4 is 0 Å². The van der Waals surface area contributed by atoms with E-state index in [2.05, 4.69) is 16.9 Å². The Morgan fingerprint density at radius 2 is 2.11 bits per heavy atom. The van der Waals surface area contributed by atoms with Crippen molar-refractivity contribution in [1.29, 1.82) is 0 Å². The lowest BCUT2D eigenvalue weighted by Gasteiger charge is -2.20. The van der Waals surface area contributed by atoms with Crippen molar-refractivity contribution in [3.63, 3.8) is 0 Å². The number of carboxylic acids is 1. The summed E-state index contributed by atoms with van der Waals surface area (Å²) in [4.78, 5) is 19.4. The van der Waals surface area contributed by atoms with Crippen molar-refractivity contribution in [2.45, 2.75) is 63.2 Å². The van der Waals surface area contributed by atoms with Crippen molar-refractivity contribution in [2.75, 3.05) is 0 Å². The second-order valence-electron chi connectivity index (χ2n) is 6.00. The summed E-state index contributed by atoms with van der Waals surface area (Å²) in [5.74, 6) is -0.104. The summed E-state index contributed by atoms with van der Waals surface area (Å²) in [6.45, 7) is 2.25. The molecule has 0 radical (unpaired) electrons. The number of aromatic amines is 1. The van der Waals surface area contributed by atoms with E-state index in [0.29, 0.717) is 0 Å². The van der Waals surface area contributed by atoms with Gasteiger partial charge in [0.1, 0.15) is 11.7 Å². The summed E-state index contributed by atoms with van der Waals surface area (Å²) in [5, 5.41) is 9.27. The van der Waals surface area contributed by atoms with E-state index in [9.17, 15) is 9.90 Å². The van der Waals surface area contributed by atoms with Crippen molar-refractivity contribution >= 4 is 5.97 Å². The second kappa shape index (κ2) is 4.11. The first kappa shape index (κ1) is 11.8. The van der Waals surface area contributed by atoms with Crippen molar-refractivity contribution in [3.8, 4) is 0 Å². The Bertz CT molecular complexity index is 472. The van der Waals surface area contributed by atoms with E-state index in [1.54, 1.807) is 0 Å². The minimum Gasteiger partial charge on any atom is -0.481 e. The highest BCUT2D eigenvalue weighted by molar-refractivity contribution is 5.76. The highest BCUT2D eigenvalue weighted by Gasteiger charge is 2.37. The number of carbonyl (C=O) groups is 1. The smallest absolute Gasteiger partial charge is 0.312 e. The van der Waals surface area contributed by atoms with Gasteiger partial charge in [-0.05, 0) is 32.1 Å². The van der Waals surface area contributed by atoms with Crippen molar-refractivity contribution in [1.82, 2.24) is 9.97 Å². The average Bonchev–Trinajstić information content (AvgIpc) is 2.94. The molecule has 2 N–H and O–H groups in total. The number of hydrogen-bond donors (Lipinski definition) is 2. The molecule has 0 bridgehead atoms. The van der Waals surface area contributed by atoms with E-state index in [0.717, 1.165) is 49.3 Å². The van der Waals surface area contributed by atoms with E-state index in [-0.39, 0.29) is 5.41 Å². The molecule has 4 heteroatoms. The summed E-state index contributed by atoms with van der Waals surface area (Å²) in [6, 6.07) is 0. The van der Waals surface area contributed by atoms with Gasteiger partial charge in [0, 0.05) is 11.1 Å². The molecule has 2 aliphatic carbocycles. The second-order valence-corrected chi connectivity index (χ2v) is 6.00. The third kappa shape index (κ3) is 1.74. The van der Waals surface area contributed by atoms with E-state index >= 15 is 0 Å². The number of aryl methyl sites for hydroxylation is 1. The molecule has 4 nitrogen and oxygen atoms in total. The van der Waals surface area contributed by atoms with Crippen LogP contribution in [0.3, 0.4) is 0 Å². The molecule has 1 heterocycles. The zero-order chi connectivity index (χ0) is 12.8. The van der Waals surface area contributed by atoms with Crippen LogP contribution in [0.2, 0.25) is 0 Å². The molecule has 0 saturated heterocycles. The van der Waals surface area contributed by atoms with Crippen LogP contribution in [0.15, 0.2) is 0 Å². The van der Waals surface area contributed by atoms with Gasteiger partial charge in [0.05, 0.1) is 5.69 Å². The molecule has 1 fully saturated rings. The molecular formula is C14H20N2O2. The maximum Gasteiger partial charge on any atom is 0.312 e. The standard InChI is InChI=1S/C14H20N2O2/c1-14(7-2-3-8-14)13-15-10-6-4-5-9(12(17)18)11(10)16-13/h9H,2-8H2,1H3,(H,15,16)(H,17,18). The van der Waals surface area contributed by atoms with Crippen molar-refractivity contribution < 1.29 is 9.90 Å². The van der Waals surface area contributed by atoms with Gasteiger partial charge in [-0.25, -0.2) is 4.98 Å². The number of hydrogen-bond acceptors (Lipinski definition) is 2. The maximum absolute atomic E-state index is 11.3. The van der Waals surface area contributed by atoms with Crippen LogP contribution in [0, 0.1) is 0 Å². The number of nitrogens with zero attached hydrogens (tertiary/aromatic N) is 1. The molecule has 1 atom stereocenters. The summed E-state index contributed by atoms with van der Waals surface area (Å²) in [5.41, 5.74) is 2.01. The van der Waals surface area contributed by atoms with Crippen LogP contribution in [0.1, 0.15) is 68.6 Å². The number of rotatable bonds is 2. The highest BCUT2D eigenvalue weighted by Crippen LogP contribution is 2.41. The van der Waals surface area contributed by atoms with Gasteiger partial charge in [0.15, 0.2) is 0 Å². The van der Waals surface area contributed by atoms with E-state index in [1.807, 2.05) is 0 Å². The first-order chi connectivity index (χ1) is 8.60. The van der Waals surface area contributed by atoms with E-state index < -0.39 is 11.9 Å². The van der Waals surface area contributed by atoms with Gasteiger partial charge in [0.2, 0.25) is 0 Å². The Morgan fingerprint density at radius 3 is 2.78 bits per heavy atom. The molecule has 18 heavy (non-hydrogen) atoms. The Morgan fingerprint density at radius 1 is 1.39 bits per heavy atom. The zero-order valence-corrected chi connectivity index (χ0v) is 10.8. The molecule has 1 aromatic heterocycles. The lowest BCUT2D eigenvalue weighted by molar-refractivity contribution is -0.139. The summed E-state index contributed by atoms with van der Waals surface area (Å²) < 4.78 is 0. The minimum atomic E-state index is -0.731. The topological polar surface area (TPSA) is 66.0 Å². The largest absolute Gasteiger partial charge is 0.481 e. The van der Waals surface area contributed by atoms with Crippen LogP contribution in [0.4, 0.5) is 0 Å². The Hall–Kier alpha value is -1.32. The van der Waals surface area contributed by atoms with E-state index in [4.69, 9.17) is 0 Å². The molecule has 0 aromatic carbocycles. The van der Waals surface area contributed by atoms with Gasteiger partial charge in [0.25, 0.3) is 0 Å². The van der Waals surface area contributed by atoms with Crippen LogP contribution in [0.5, 0.6) is 0 Å². The van der Waals surface area contributed by atoms with Gasteiger partial charge in [-0.3, -0.25) is 4.79 Å². The monoisotopic (exact) mass is 248 g/mol. The number of imidazole rings is 1. The molecule has 3 rings (SSSR count). The zero-order valence-electron chi connectivity index (χ0n) is 10.8. The predicted molar refractivity (Wildman–Crippen MR) is 67.7 cm³/mol. The third-order valence-corrected chi connectivity index (χ3v) is 4.64. The minimum absolute atomic E-state index is 0.139. The average molecular weight is 248 g/mol. The first-order valence-electron chi connectivity index (χ1n) is 6.92. The molecule has 0 aliphatic heterocycles. The fourth-order valence-electron chi connectivity index (χ4n) is 3.44. The number of nitrogens with one attached hydrogen (secondary N) is 1. The lowest BCUT2D eigenvalue weighted by atomic mass is 9.88. The summed E-state index contributed by atoms with van der Waals surface area (Å²) in [7, 11) is 0. The van der Waals surface area contributed by atoms with Crippen molar-refractivity contribution in [2.24, 2.45) is 0 Å². The van der Waals surface area contributed by atoms with Crippen LogP contribution in [-0.4, -0.2) is 21.0 Å². The lowest BCUT2D eigenvalue weighted by Crippen LogP contribution is -2.19. The number of fused-ring (bicyclic) bond motifs is 1. The van der Waals surface area contributed by atoms with Gasteiger partial charge < -0.3 is 10.1 Å². The van der Waals surface area contributed by atoms with Crippen molar-refractivity contribution in [3.05, 3.63) is 17.2 Å². The summed E-state index contributed by atoms with van der Waals surface area (Å²) in [6.07, 6.45) is 7.45. The normalized spacial score (nSPS) is 25.9. The molecule has 0 amide bonds. The molecule has 2 aliphatic rings. The molecule has 1 saturated carbocycles. The highest BCUT2D eigenvalue weighted by atomic mass is 16.4. The van der Waals surface area contributed by atoms with Crippen LogP contribution in [0.25, 0.3) is 0 Å². The predicted octanol–water partition coefficient (Wildman–Crippen LogP) is 2.75. The first-order valence-corrected chi connectivity index (χ1v) is 6.92. The number of aromatic nitrogens is 2. The molecule has 98 valence electrons. The Kier molecular flexibility index (Phi) is 2.68. The summed E-state index contributed by atoms with van der Waals surface area (Å²) >= 11 is 0. The third-order valence-electron chi connectivity index (χ3n) is 4.64. The van der Waals surface area contributed by atoms with Gasteiger partial charge in [-0.1, -0.05) is 19.8 Å². The fourth-order valence-corrected chi connectivity index (χ4v) is 3.44. The molecule has 0 spiro atoms. The number of aliphatic carboxylic acids is 1. The van der Waals surface area contributed by atoms with E-state index in [1.165, 1.54) is 12.8 Å². The number of carboxylic acid groups (broad SMARTS) is 1. The van der Waals surface area contributed by atoms with Crippen LogP contribution >= 0.6 is 0 Å². The molecule has 1 unspecified atom stereocenters. The number of H-pyrrole nitrogens is 1. The quantitative estimate of drug-likeness (QED) is 0.845.